The van der Waals surface area contributed by atoms with E-state index in [2.05, 4.69) is 6.07 Å². The van der Waals surface area contributed by atoms with Crippen molar-refractivity contribution in [2.75, 3.05) is 13.6 Å². The third-order valence-electron chi connectivity index (χ3n) is 2.79. The molecule has 1 saturated carbocycles. The summed E-state index contributed by atoms with van der Waals surface area (Å²) in [5.41, 5.74) is 5.26. The van der Waals surface area contributed by atoms with Crippen LogP contribution in [-0.2, 0) is 4.79 Å². The molecule has 0 aromatic rings. The molecule has 0 aromatic heterocycles. The third kappa shape index (κ3) is 2.05. The van der Waals surface area contributed by atoms with Crippen LogP contribution in [0.3, 0.4) is 0 Å². The molecule has 4 heteroatoms. The number of amides is 1. The van der Waals surface area contributed by atoms with Gasteiger partial charge in [0.25, 0.3) is 0 Å². The van der Waals surface area contributed by atoms with E-state index in [1.165, 1.54) is 0 Å². The van der Waals surface area contributed by atoms with Gasteiger partial charge in [-0.05, 0) is 26.2 Å². The monoisotopic (exact) mass is 195 g/mol. The molecule has 0 heterocycles. The van der Waals surface area contributed by atoms with Crippen LogP contribution in [0.4, 0.5) is 0 Å². The van der Waals surface area contributed by atoms with E-state index in [1.54, 1.807) is 18.9 Å². The summed E-state index contributed by atoms with van der Waals surface area (Å²) in [6.45, 7) is 2.27. The number of likely N-dealkylation sites (N-methyl/N-ethyl adjacent to an activating group) is 1. The van der Waals surface area contributed by atoms with Crippen LogP contribution >= 0.6 is 0 Å². The molecule has 0 spiro atoms. The Kier molecular flexibility index (Phi) is 3.12. The highest BCUT2D eigenvalue weighted by Gasteiger charge is 2.41. The maximum absolute atomic E-state index is 11.8. The number of nitrogens with zero attached hydrogens (tertiary/aromatic N) is 2. The minimum absolute atomic E-state index is 0.0224. The molecule has 1 fully saturated rings. The van der Waals surface area contributed by atoms with Crippen molar-refractivity contribution < 1.29 is 4.79 Å². The van der Waals surface area contributed by atoms with Crippen LogP contribution in [0.1, 0.15) is 26.2 Å². The van der Waals surface area contributed by atoms with E-state index in [4.69, 9.17) is 11.0 Å². The molecule has 2 N–H and O–H groups in total. The molecule has 78 valence electrons. The smallest absolute Gasteiger partial charge is 0.242 e. The number of nitriles is 1. The minimum atomic E-state index is -0.635. The normalized spacial score (nSPS) is 20.4. The number of hydrogen-bond acceptors (Lipinski definition) is 3. The number of carbonyl (C=O) groups excluding carboxylic acids is 1. The Morgan fingerprint density at radius 3 is 2.64 bits per heavy atom. The predicted octanol–water partition coefficient (Wildman–Crippen LogP) is 0.486. The van der Waals surface area contributed by atoms with Crippen LogP contribution < -0.4 is 5.73 Å². The summed E-state index contributed by atoms with van der Waals surface area (Å²) in [7, 11) is 1.71. The average molecular weight is 195 g/mol. The molecule has 0 radical (unpaired) electrons. The molecule has 0 saturated heterocycles. The Labute approximate surface area is 84.7 Å². The zero-order valence-corrected chi connectivity index (χ0v) is 8.79. The standard InChI is InChI=1S/C10H17N3O/c1-8(6-11)7-13(2)9(14)10(12)4-3-5-10/h8H,3-5,7,12H2,1-2H3. The highest BCUT2D eigenvalue weighted by molar-refractivity contribution is 5.86. The van der Waals surface area contributed by atoms with Gasteiger partial charge < -0.3 is 10.6 Å². The van der Waals surface area contributed by atoms with E-state index in [0.29, 0.717) is 6.54 Å². The molecule has 4 nitrogen and oxygen atoms in total. The van der Waals surface area contributed by atoms with Gasteiger partial charge in [0, 0.05) is 13.6 Å². The molecule has 0 bridgehead atoms. The second-order valence-corrected chi connectivity index (χ2v) is 4.23. The SMILES string of the molecule is CC(C#N)CN(C)C(=O)C1(N)CCC1. The Hall–Kier alpha value is -1.08. The fraction of sp³-hybridized carbons (Fsp3) is 0.800. The van der Waals surface area contributed by atoms with Gasteiger partial charge in [-0.1, -0.05) is 0 Å². The molecule has 1 aliphatic rings. The molecule has 14 heavy (non-hydrogen) atoms. The summed E-state index contributed by atoms with van der Waals surface area (Å²) in [6.07, 6.45) is 2.58. The van der Waals surface area contributed by atoms with Gasteiger partial charge in [-0.3, -0.25) is 4.79 Å². The van der Waals surface area contributed by atoms with Gasteiger partial charge in [-0.25, -0.2) is 0 Å². The van der Waals surface area contributed by atoms with Gasteiger partial charge in [0.15, 0.2) is 0 Å². The highest BCUT2D eigenvalue weighted by atomic mass is 16.2. The van der Waals surface area contributed by atoms with Crippen LogP contribution in [0.5, 0.6) is 0 Å². The van der Waals surface area contributed by atoms with Crippen LogP contribution in [0.25, 0.3) is 0 Å². The minimum Gasteiger partial charge on any atom is -0.343 e. The summed E-state index contributed by atoms with van der Waals surface area (Å²) < 4.78 is 0. The zero-order valence-electron chi connectivity index (χ0n) is 8.79. The summed E-state index contributed by atoms with van der Waals surface area (Å²) in [5.74, 6) is -0.154. The molecule has 1 unspecified atom stereocenters. The van der Waals surface area contributed by atoms with Gasteiger partial charge in [-0.15, -0.1) is 0 Å². The molecule has 1 aliphatic carbocycles. The van der Waals surface area contributed by atoms with E-state index < -0.39 is 5.54 Å². The number of carbonyl (C=O) groups is 1. The van der Waals surface area contributed by atoms with Crippen molar-refractivity contribution >= 4 is 5.91 Å². The van der Waals surface area contributed by atoms with Crippen molar-refractivity contribution in [2.45, 2.75) is 31.7 Å². The fourth-order valence-corrected chi connectivity index (χ4v) is 1.69. The topological polar surface area (TPSA) is 70.1 Å². The largest absolute Gasteiger partial charge is 0.343 e. The molecule has 1 amide bonds. The Morgan fingerprint density at radius 1 is 1.71 bits per heavy atom. The fourth-order valence-electron chi connectivity index (χ4n) is 1.69. The second-order valence-electron chi connectivity index (χ2n) is 4.23. The van der Waals surface area contributed by atoms with Crippen LogP contribution in [0, 0.1) is 17.2 Å². The molecule has 0 aromatic carbocycles. The zero-order chi connectivity index (χ0) is 10.8. The Morgan fingerprint density at radius 2 is 2.29 bits per heavy atom. The van der Waals surface area contributed by atoms with E-state index in [9.17, 15) is 4.79 Å². The van der Waals surface area contributed by atoms with Crippen molar-refractivity contribution in [3.63, 3.8) is 0 Å². The van der Waals surface area contributed by atoms with Gasteiger partial charge in [0.05, 0.1) is 17.5 Å². The van der Waals surface area contributed by atoms with Crippen LogP contribution in [0.15, 0.2) is 0 Å². The average Bonchev–Trinajstić information content (AvgIpc) is 2.12. The maximum Gasteiger partial charge on any atom is 0.242 e. The maximum atomic E-state index is 11.8. The Bertz CT molecular complexity index is 265. The first kappa shape index (κ1) is 11.0. The van der Waals surface area contributed by atoms with Crippen molar-refractivity contribution in [1.82, 2.24) is 4.90 Å². The van der Waals surface area contributed by atoms with Crippen molar-refractivity contribution in [1.29, 1.82) is 5.26 Å². The molecule has 0 aliphatic heterocycles. The summed E-state index contributed by atoms with van der Waals surface area (Å²) in [4.78, 5) is 13.4. The third-order valence-corrected chi connectivity index (χ3v) is 2.79. The lowest BCUT2D eigenvalue weighted by Crippen LogP contribution is -2.59. The van der Waals surface area contributed by atoms with E-state index in [-0.39, 0.29) is 11.8 Å². The van der Waals surface area contributed by atoms with Crippen LogP contribution in [0.2, 0.25) is 0 Å². The quantitative estimate of drug-likeness (QED) is 0.712. The Balaban J connectivity index is 2.49. The van der Waals surface area contributed by atoms with E-state index in [1.807, 2.05) is 0 Å². The van der Waals surface area contributed by atoms with Gasteiger partial charge in [-0.2, -0.15) is 5.26 Å². The first-order valence-electron chi connectivity index (χ1n) is 4.93. The highest BCUT2D eigenvalue weighted by Crippen LogP contribution is 2.30. The molecule has 1 rings (SSSR count). The lowest BCUT2D eigenvalue weighted by atomic mass is 9.76. The van der Waals surface area contributed by atoms with Gasteiger partial charge in [0.2, 0.25) is 5.91 Å². The molecular weight excluding hydrogens is 178 g/mol. The first-order valence-corrected chi connectivity index (χ1v) is 4.93. The van der Waals surface area contributed by atoms with Crippen molar-refractivity contribution in [3.05, 3.63) is 0 Å². The van der Waals surface area contributed by atoms with E-state index in [0.717, 1.165) is 19.3 Å². The van der Waals surface area contributed by atoms with Crippen LogP contribution in [-0.4, -0.2) is 29.9 Å². The molecular formula is C10H17N3O. The van der Waals surface area contributed by atoms with Gasteiger partial charge in [0.1, 0.15) is 0 Å². The summed E-state index contributed by atoms with van der Waals surface area (Å²) >= 11 is 0. The van der Waals surface area contributed by atoms with E-state index >= 15 is 0 Å². The summed E-state index contributed by atoms with van der Waals surface area (Å²) in [6, 6.07) is 2.10. The summed E-state index contributed by atoms with van der Waals surface area (Å²) in [5, 5.41) is 8.62. The number of nitrogens with two attached hydrogens (primary N) is 1. The van der Waals surface area contributed by atoms with Crippen molar-refractivity contribution in [2.24, 2.45) is 11.7 Å². The molecule has 1 atom stereocenters. The predicted molar refractivity (Wildman–Crippen MR) is 53.2 cm³/mol. The second kappa shape index (κ2) is 3.97. The first-order chi connectivity index (χ1) is 6.49. The lowest BCUT2D eigenvalue weighted by molar-refractivity contribution is -0.139. The number of rotatable bonds is 3. The van der Waals surface area contributed by atoms with Crippen molar-refractivity contribution in [3.8, 4) is 6.07 Å². The number of hydrogen-bond donors (Lipinski definition) is 1. The van der Waals surface area contributed by atoms with Gasteiger partial charge >= 0.3 is 0 Å². The lowest BCUT2D eigenvalue weighted by Gasteiger charge is -2.39.